The van der Waals surface area contributed by atoms with Gasteiger partial charge in [0.2, 0.25) is 11.8 Å². The van der Waals surface area contributed by atoms with Gasteiger partial charge in [0.05, 0.1) is 0 Å². The minimum Gasteiger partial charge on any atom is -0.356 e. The van der Waals surface area contributed by atoms with Crippen LogP contribution < -0.4 is 16.4 Å². The van der Waals surface area contributed by atoms with Crippen LogP contribution in [0.2, 0.25) is 0 Å². The van der Waals surface area contributed by atoms with Crippen molar-refractivity contribution >= 4 is 11.8 Å². The smallest absolute Gasteiger partial charge is 0.221 e. The lowest BCUT2D eigenvalue weighted by Gasteiger charge is -2.06. The fourth-order valence-electron chi connectivity index (χ4n) is 1.54. The molecule has 0 aromatic carbocycles. The number of nitrogens with two attached hydrogens (primary N) is 1. The second-order valence-electron chi connectivity index (χ2n) is 4.40. The van der Waals surface area contributed by atoms with E-state index in [1.165, 1.54) is 0 Å². The molecule has 0 unspecified atom stereocenters. The molecule has 0 aromatic rings. The molecule has 0 rings (SSSR count). The highest BCUT2D eigenvalue weighted by Gasteiger charge is 2.03. The van der Waals surface area contributed by atoms with Gasteiger partial charge < -0.3 is 16.4 Å². The van der Waals surface area contributed by atoms with E-state index in [1.807, 2.05) is 6.92 Å². The van der Waals surface area contributed by atoms with Crippen LogP contribution >= 0.6 is 0 Å². The Hall–Kier alpha value is -1.10. The van der Waals surface area contributed by atoms with Crippen LogP contribution in [-0.2, 0) is 9.59 Å². The summed E-state index contributed by atoms with van der Waals surface area (Å²) in [6.07, 6.45) is 5.89. The summed E-state index contributed by atoms with van der Waals surface area (Å²) in [6.45, 7) is 3.86. The first-order valence-electron chi connectivity index (χ1n) is 6.94. The summed E-state index contributed by atoms with van der Waals surface area (Å²) in [4.78, 5) is 22.6. The third-order valence-corrected chi connectivity index (χ3v) is 2.60. The molecule has 0 aliphatic carbocycles. The van der Waals surface area contributed by atoms with Crippen LogP contribution in [0.4, 0.5) is 0 Å². The standard InChI is InChI=1S/C13H27N3O2/c1-2-10-15-13(18)8-11-16-12(17)7-5-3-4-6-9-14/h2-11,14H2,1H3,(H,15,18)(H,16,17). The summed E-state index contributed by atoms with van der Waals surface area (Å²) in [5.41, 5.74) is 5.38. The first-order chi connectivity index (χ1) is 8.70. The number of hydrogen-bond donors (Lipinski definition) is 3. The predicted molar refractivity (Wildman–Crippen MR) is 73.1 cm³/mol. The van der Waals surface area contributed by atoms with Gasteiger partial charge in [-0.25, -0.2) is 0 Å². The largest absolute Gasteiger partial charge is 0.356 e. The minimum absolute atomic E-state index is 0.0000887. The number of rotatable bonds is 11. The average Bonchev–Trinajstić information content (AvgIpc) is 2.36. The molecule has 0 saturated carbocycles. The van der Waals surface area contributed by atoms with Crippen molar-refractivity contribution in [3.8, 4) is 0 Å². The van der Waals surface area contributed by atoms with Crippen molar-refractivity contribution in [1.82, 2.24) is 10.6 Å². The van der Waals surface area contributed by atoms with E-state index >= 15 is 0 Å². The van der Waals surface area contributed by atoms with Gasteiger partial charge in [-0.1, -0.05) is 19.8 Å². The molecule has 0 aromatic heterocycles. The highest BCUT2D eigenvalue weighted by atomic mass is 16.2. The molecule has 4 N–H and O–H groups in total. The Morgan fingerprint density at radius 2 is 1.50 bits per heavy atom. The van der Waals surface area contributed by atoms with Crippen LogP contribution in [0, 0.1) is 0 Å². The Morgan fingerprint density at radius 3 is 2.17 bits per heavy atom. The number of unbranched alkanes of at least 4 members (excludes halogenated alkanes) is 3. The third-order valence-electron chi connectivity index (χ3n) is 2.60. The Kier molecular flexibility index (Phi) is 11.6. The lowest BCUT2D eigenvalue weighted by molar-refractivity contribution is -0.122. The van der Waals surface area contributed by atoms with Gasteiger partial charge in [0.15, 0.2) is 0 Å². The summed E-state index contributed by atoms with van der Waals surface area (Å²) in [5, 5.41) is 5.53. The molecule has 5 nitrogen and oxygen atoms in total. The SMILES string of the molecule is CCCNC(=O)CCNC(=O)CCCCCCN. The van der Waals surface area contributed by atoms with Crippen molar-refractivity contribution in [3.63, 3.8) is 0 Å². The zero-order chi connectivity index (χ0) is 13.6. The fraction of sp³-hybridized carbons (Fsp3) is 0.846. The van der Waals surface area contributed by atoms with E-state index in [0.717, 1.165) is 38.6 Å². The van der Waals surface area contributed by atoms with Crippen LogP contribution in [0.1, 0.15) is 51.9 Å². The van der Waals surface area contributed by atoms with Crippen molar-refractivity contribution in [1.29, 1.82) is 0 Å². The van der Waals surface area contributed by atoms with E-state index < -0.39 is 0 Å². The molecule has 0 saturated heterocycles. The van der Waals surface area contributed by atoms with Crippen molar-refractivity contribution < 1.29 is 9.59 Å². The van der Waals surface area contributed by atoms with Gasteiger partial charge in [0, 0.05) is 25.9 Å². The third kappa shape index (κ3) is 11.4. The molecule has 0 radical (unpaired) electrons. The average molecular weight is 257 g/mol. The molecule has 0 aliphatic rings. The molecule has 0 atom stereocenters. The Labute approximate surface area is 110 Å². The molecule has 106 valence electrons. The second-order valence-corrected chi connectivity index (χ2v) is 4.40. The van der Waals surface area contributed by atoms with Gasteiger partial charge in [-0.2, -0.15) is 0 Å². The van der Waals surface area contributed by atoms with E-state index in [4.69, 9.17) is 5.73 Å². The van der Waals surface area contributed by atoms with Crippen molar-refractivity contribution in [2.24, 2.45) is 5.73 Å². The summed E-state index contributed by atoms with van der Waals surface area (Å²) < 4.78 is 0. The van der Waals surface area contributed by atoms with Gasteiger partial charge in [-0.15, -0.1) is 0 Å². The Bertz CT molecular complexity index is 232. The van der Waals surface area contributed by atoms with Crippen LogP contribution in [0.15, 0.2) is 0 Å². The molecule has 0 bridgehead atoms. The van der Waals surface area contributed by atoms with E-state index in [-0.39, 0.29) is 11.8 Å². The molecule has 0 heterocycles. The monoisotopic (exact) mass is 257 g/mol. The topological polar surface area (TPSA) is 84.2 Å². The number of amides is 2. The van der Waals surface area contributed by atoms with Crippen LogP contribution in [0.5, 0.6) is 0 Å². The van der Waals surface area contributed by atoms with E-state index in [9.17, 15) is 9.59 Å². The number of hydrogen-bond acceptors (Lipinski definition) is 3. The zero-order valence-corrected chi connectivity index (χ0v) is 11.5. The molecule has 2 amide bonds. The van der Waals surface area contributed by atoms with E-state index in [0.29, 0.717) is 25.9 Å². The van der Waals surface area contributed by atoms with Gasteiger partial charge in [-0.3, -0.25) is 9.59 Å². The quantitative estimate of drug-likeness (QED) is 0.481. The molecule has 0 spiro atoms. The van der Waals surface area contributed by atoms with E-state index in [2.05, 4.69) is 10.6 Å². The molecule has 18 heavy (non-hydrogen) atoms. The van der Waals surface area contributed by atoms with Gasteiger partial charge in [-0.05, 0) is 25.8 Å². The van der Waals surface area contributed by atoms with Crippen LogP contribution in [-0.4, -0.2) is 31.4 Å². The number of carbonyl (C=O) groups is 2. The van der Waals surface area contributed by atoms with Crippen molar-refractivity contribution in [3.05, 3.63) is 0 Å². The normalized spacial score (nSPS) is 10.1. The summed E-state index contributed by atoms with van der Waals surface area (Å²) >= 11 is 0. The van der Waals surface area contributed by atoms with Crippen LogP contribution in [0.3, 0.4) is 0 Å². The van der Waals surface area contributed by atoms with E-state index in [1.54, 1.807) is 0 Å². The summed E-state index contributed by atoms with van der Waals surface area (Å²) in [6, 6.07) is 0. The lowest BCUT2D eigenvalue weighted by atomic mass is 10.1. The lowest BCUT2D eigenvalue weighted by Crippen LogP contribution is -2.30. The molecular formula is C13H27N3O2. The molecular weight excluding hydrogens is 230 g/mol. The fourth-order valence-corrected chi connectivity index (χ4v) is 1.54. The number of carbonyl (C=O) groups excluding carboxylic acids is 2. The zero-order valence-electron chi connectivity index (χ0n) is 11.5. The Morgan fingerprint density at radius 1 is 0.889 bits per heavy atom. The molecule has 5 heteroatoms. The minimum atomic E-state index is 0.0000887. The molecule has 0 aliphatic heterocycles. The van der Waals surface area contributed by atoms with Gasteiger partial charge in [0.25, 0.3) is 0 Å². The highest BCUT2D eigenvalue weighted by Crippen LogP contribution is 2.01. The maximum Gasteiger partial charge on any atom is 0.221 e. The first kappa shape index (κ1) is 16.9. The van der Waals surface area contributed by atoms with Gasteiger partial charge >= 0.3 is 0 Å². The predicted octanol–water partition coefficient (Wildman–Crippen LogP) is 0.928. The summed E-state index contributed by atoms with van der Waals surface area (Å²) in [5.74, 6) is 0.0335. The highest BCUT2D eigenvalue weighted by molar-refractivity contribution is 5.78. The first-order valence-corrected chi connectivity index (χ1v) is 6.94. The second kappa shape index (κ2) is 12.4. The van der Waals surface area contributed by atoms with Crippen molar-refractivity contribution in [2.45, 2.75) is 51.9 Å². The maximum absolute atomic E-state index is 11.4. The number of nitrogens with one attached hydrogen (secondary N) is 2. The molecule has 0 fully saturated rings. The van der Waals surface area contributed by atoms with Gasteiger partial charge in [0.1, 0.15) is 0 Å². The Balaban J connectivity index is 3.33. The maximum atomic E-state index is 11.4. The van der Waals surface area contributed by atoms with Crippen molar-refractivity contribution in [2.75, 3.05) is 19.6 Å². The van der Waals surface area contributed by atoms with Crippen LogP contribution in [0.25, 0.3) is 0 Å². The summed E-state index contributed by atoms with van der Waals surface area (Å²) in [7, 11) is 0.